The number of carbonyl (C=O) groups is 2. The summed E-state index contributed by atoms with van der Waals surface area (Å²) in [5, 5.41) is 21.6. The third-order valence-electron chi connectivity index (χ3n) is 8.90. The molecule has 9 atom stereocenters. The molecule has 0 amide bonds. The van der Waals surface area contributed by atoms with Crippen LogP contribution in [0.2, 0.25) is 0 Å². The first-order valence-corrected chi connectivity index (χ1v) is 11.5. The molecule has 1 saturated heterocycles. The van der Waals surface area contributed by atoms with Crippen LogP contribution in [0.4, 0.5) is 0 Å². The second kappa shape index (κ2) is 7.08. The van der Waals surface area contributed by atoms with Gasteiger partial charge < -0.3 is 19.7 Å². The van der Waals surface area contributed by atoms with Gasteiger partial charge in [0.1, 0.15) is 6.61 Å². The van der Waals surface area contributed by atoms with E-state index in [0.717, 1.165) is 0 Å². The van der Waals surface area contributed by atoms with Gasteiger partial charge in [-0.25, -0.2) is 0 Å². The number of allylic oxidation sites excluding steroid dienone is 4. The molecule has 4 aliphatic carbocycles. The highest BCUT2D eigenvalue weighted by atomic mass is 16.7. The molecule has 1 heterocycles. The van der Waals surface area contributed by atoms with Crippen molar-refractivity contribution in [1.82, 2.24) is 0 Å². The number of rotatable bonds is 4. The molecule has 6 heteroatoms. The van der Waals surface area contributed by atoms with Crippen LogP contribution in [0.5, 0.6) is 0 Å². The van der Waals surface area contributed by atoms with Gasteiger partial charge in [-0.3, -0.25) is 9.59 Å². The van der Waals surface area contributed by atoms with Crippen LogP contribution < -0.4 is 0 Å². The summed E-state index contributed by atoms with van der Waals surface area (Å²) in [6.45, 7) is 4.78. The van der Waals surface area contributed by atoms with Crippen LogP contribution in [0, 0.1) is 28.6 Å². The quantitative estimate of drug-likeness (QED) is 0.707. The Hall–Kier alpha value is -1.34. The molecule has 4 fully saturated rings. The SMILES string of the molecule is [2H]C1=C([2H])[C@@]2(C)C(=C([2H])C1=O)CC[C@@H]1[C@@H]2[C@@H](O)C[C@@]2(C)[C@H]1C[C@H]1OC([2H])(CCC)O[C@]12C(=O)CO. The fraction of sp³-hybridized carbons (Fsp3) is 0.760. The Balaban J connectivity index is 1.61. The third-order valence-corrected chi connectivity index (χ3v) is 8.90. The molecule has 170 valence electrons. The van der Waals surface area contributed by atoms with E-state index in [1.54, 1.807) is 6.92 Å². The van der Waals surface area contributed by atoms with Gasteiger partial charge in [0.05, 0.1) is 17.7 Å². The summed E-state index contributed by atoms with van der Waals surface area (Å²) in [4.78, 5) is 25.8. The number of carbonyl (C=O) groups excluding carboxylic acids is 2. The molecule has 0 spiro atoms. The highest BCUT2D eigenvalue weighted by Crippen LogP contribution is 2.69. The standard InChI is InChI=1S/C25H34O6/c1-4-5-21-30-20-11-17-16-7-6-14-10-15(27)8-9-23(14,2)22(16)18(28)12-24(17,3)25(20,31-21)19(29)13-26/h8-10,16-18,20-22,26,28H,4-7,11-13H2,1-3H3/t16-,17-,18-,20+,21?,22+,23-,24-,25+/m0/s1/i8D,9D,10D,21D. The summed E-state index contributed by atoms with van der Waals surface area (Å²) in [6, 6.07) is -0.901. The Kier molecular flexibility index (Phi) is 3.92. The molecule has 2 N–H and O–H groups in total. The van der Waals surface area contributed by atoms with Crippen LogP contribution in [-0.4, -0.2) is 52.5 Å². The highest BCUT2D eigenvalue weighted by molar-refractivity contribution is 6.01. The summed E-state index contributed by atoms with van der Waals surface area (Å²) in [7, 11) is 0. The normalized spacial score (nSPS) is 55.5. The number of ether oxygens (including phenoxy) is 2. The summed E-state index contributed by atoms with van der Waals surface area (Å²) < 4.78 is 46.3. The van der Waals surface area contributed by atoms with E-state index in [1.807, 2.05) is 13.8 Å². The maximum atomic E-state index is 13.3. The fourth-order valence-corrected chi connectivity index (χ4v) is 7.68. The number of Topliss-reactive ketones (excluding diaryl/α,β-unsaturated/α-hetero) is 1. The van der Waals surface area contributed by atoms with Crippen LogP contribution >= 0.6 is 0 Å². The molecule has 1 unspecified atom stereocenters. The van der Waals surface area contributed by atoms with Gasteiger partial charge in [-0.2, -0.15) is 0 Å². The summed E-state index contributed by atoms with van der Waals surface area (Å²) in [6.07, 6.45) is -1.08. The van der Waals surface area contributed by atoms with Crippen molar-refractivity contribution >= 4 is 11.6 Å². The predicted molar refractivity (Wildman–Crippen MR) is 113 cm³/mol. The second-order valence-electron chi connectivity index (χ2n) is 10.3. The minimum Gasteiger partial charge on any atom is -0.393 e. The first kappa shape index (κ1) is 17.2. The van der Waals surface area contributed by atoms with Gasteiger partial charge in [-0.15, -0.1) is 0 Å². The van der Waals surface area contributed by atoms with Crippen LogP contribution in [-0.2, 0) is 19.1 Å². The van der Waals surface area contributed by atoms with E-state index in [2.05, 4.69) is 0 Å². The van der Waals surface area contributed by atoms with Gasteiger partial charge in [-0.05, 0) is 56.0 Å². The Bertz CT molecular complexity index is 1060. The van der Waals surface area contributed by atoms with E-state index >= 15 is 0 Å². The average molecular weight is 435 g/mol. The second-order valence-corrected chi connectivity index (χ2v) is 10.3. The Labute approximate surface area is 189 Å². The van der Waals surface area contributed by atoms with Crippen molar-refractivity contribution in [2.45, 2.75) is 83.4 Å². The highest BCUT2D eigenvalue weighted by Gasteiger charge is 2.75. The topological polar surface area (TPSA) is 93.1 Å². The van der Waals surface area contributed by atoms with Gasteiger partial charge in [0, 0.05) is 16.7 Å². The number of hydrogen-bond acceptors (Lipinski definition) is 6. The van der Waals surface area contributed by atoms with Crippen molar-refractivity contribution < 1.29 is 34.8 Å². The van der Waals surface area contributed by atoms with Crippen molar-refractivity contribution in [3.63, 3.8) is 0 Å². The van der Waals surface area contributed by atoms with E-state index in [9.17, 15) is 19.8 Å². The van der Waals surface area contributed by atoms with Gasteiger partial charge >= 0.3 is 0 Å². The maximum Gasteiger partial charge on any atom is 0.193 e. The monoisotopic (exact) mass is 434 g/mol. The first-order chi connectivity index (χ1) is 16.3. The Morgan fingerprint density at radius 3 is 2.90 bits per heavy atom. The molecule has 3 saturated carbocycles. The van der Waals surface area contributed by atoms with E-state index in [-0.39, 0.29) is 36.8 Å². The lowest BCUT2D eigenvalue weighted by molar-refractivity contribution is -0.200. The van der Waals surface area contributed by atoms with Gasteiger partial charge in [-0.1, -0.05) is 38.8 Å². The van der Waals surface area contributed by atoms with Crippen molar-refractivity contribution in [3.8, 4) is 0 Å². The summed E-state index contributed by atoms with van der Waals surface area (Å²) in [5.74, 6) is -2.16. The van der Waals surface area contributed by atoms with Crippen molar-refractivity contribution in [2.75, 3.05) is 6.61 Å². The zero-order chi connectivity index (χ0) is 25.7. The molecule has 1 aliphatic heterocycles. The number of fused-ring (bicyclic) bond motifs is 7. The smallest absolute Gasteiger partial charge is 0.193 e. The Morgan fingerprint density at radius 1 is 1.42 bits per heavy atom. The maximum absolute atomic E-state index is 13.3. The molecule has 0 aromatic rings. The molecular weight excluding hydrogens is 396 g/mol. The molecule has 5 rings (SSSR count). The molecular formula is C25H34O6. The van der Waals surface area contributed by atoms with E-state index in [0.29, 0.717) is 31.3 Å². The van der Waals surface area contributed by atoms with Crippen molar-refractivity contribution in [3.05, 3.63) is 23.7 Å². The predicted octanol–water partition coefficient (Wildman–Crippen LogP) is 2.72. The number of aliphatic hydroxyl groups is 2. The third kappa shape index (κ3) is 2.65. The average Bonchev–Trinajstić information content (AvgIpc) is 3.23. The van der Waals surface area contributed by atoms with Crippen LogP contribution in [0.3, 0.4) is 0 Å². The van der Waals surface area contributed by atoms with E-state index in [4.69, 9.17) is 15.0 Å². The van der Waals surface area contributed by atoms with Gasteiger partial charge in [0.25, 0.3) is 0 Å². The lowest BCUT2D eigenvalue weighted by atomic mass is 9.46. The van der Waals surface area contributed by atoms with Gasteiger partial charge in [0.2, 0.25) is 0 Å². The first-order valence-electron chi connectivity index (χ1n) is 13.5. The molecule has 0 radical (unpaired) electrons. The lowest BCUT2D eigenvalue weighted by Gasteiger charge is -2.59. The molecule has 0 aromatic carbocycles. The van der Waals surface area contributed by atoms with Gasteiger partial charge in [0.15, 0.2) is 23.4 Å². The van der Waals surface area contributed by atoms with Crippen molar-refractivity contribution in [1.29, 1.82) is 0 Å². The summed E-state index contributed by atoms with van der Waals surface area (Å²) in [5.41, 5.74) is -3.10. The van der Waals surface area contributed by atoms with Crippen molar-refractivity contribution in [2.24, 2.45) is 28.6 Å². The largest absolute Gasteiger partial charge is 0.393 e. The fourth-order valence-electron chi connectivity index (χ4n) is 7.68. The van der Waals surface area contributed by atoms with Crippen LogP contribution in [0.15, 0.2) is 23.7 Å². The van der Waals surface area contributed by atoms with E-state index < -0.39 is 65.0 Å². The molecule has 31 heavy (non-hydrogen) atoms. The number of aliphatic hydroxyl groups excluding tert-OH is 2. The number of hydrogen-bond donors (Lipinski definition) is 2. The zero-order valence-electron chi connectivity index (χ0n) is 22.4. The molecule has 6 nitrogen and oxygen atoms in total. The zero-order valence-corrected chi connectivity index (χ0v) is 18.4. The van der Waals surface area contributed by atoms with E-state index in [1.165, 1.54) is 0 Å². The van der Waals surface area contributed by atoms with Crippen LogP contribution in [0.25, 0.3) is 0 Å². The lowest BCUT2D eigenvalue weighted by Crippen LogP contribution is -2.63. The minimum atomic E-state index is -1.70. The van der Waals surface area contributed by atoms with Crippen LogP contribution in [0.1, 0.15) is 64.8 Å². The Morgan fingerprint density at radius 2 is 2.19 bits per heavy atom. The molecule has 5 aliphatic rings. The summed E-state index contributed by atoms with van der Waals surface area (Å²) >= 11 is 0. The number of ketones is 2. The minimum absolute atomic E-state index is 0.122. The molecule has 0 aromatic heterocycles. The molecule has 0 bridgehead atoms.